The Morgan fingerprint density at radius 2 is 1.81 bits per heavy atom. The molecule has 0 aliphatic carbocycles. The van der Waals surface area contributed by atoms with Gasteiger partial charge in [-0.25, -0.2) is 13.6 Å². The van der Waals surface area contributed by atoms with Crippen LogP contribution in [0.2, 0.25) is 10.0 Å². The number of ether oxygens (including phenoxy) is 1. The van der Waals surface area contributed by atoms with Gasteiger partial charge >= 0.3 is 0 Å². The molecule has 0 aliphatic heterocycles. The molecule has 0 aromatic heterocycles. The molecule has 2 rings (SSSR count). The van der Waals surface area contributed by atoms with E-state index in [-0.39, 0.29) is 17.3 Å². The van der Waals surface area contributed by atoms with Gasteiger partial charge in [0.1, 0.15) is 5.75 Å². The maximum Gasteiger partial charge on any atom is 0.238 e. The van der Waals surface area contributed by atoms with Gasteiger partial charge in [0.2, 0.25) is 10.0 Å². The number of hydrogen-bond acceptors (Lipinski definition) is 4. The zero-order valence-electron chi connectivity index (χ0n) is 14.9. The number of sulfonamides is 1. The van der Waals surface area contributed by atoms with Gasteiger partial charge in [-0.15, -0.1) is 12.4 Å². The van der Waals surface area contributed by atoms with Gasteiger partial charge in [-0.2, -0.15) is 0 Å². The number of nitrogens with one attached hydrogen (secondary N) is 1. The number of nitrogens with two attached hydrogens (primary N) is 1. The smallest absolute Gasteiger partial charge is 0.238 e. The van der Waals surface area contributed by atoms with Gasteiger partial charge in [-0.1, -0.05) is 42.3 Å². The highest BCUT2D eigenvalue weighted by Crippen LogP contribution is 2.32. The molecule has 0 fully saturated rings. The Morgan fingerprint density at radius 3 is 2.41 bits per heavy atom. The first-order valence-corrected chi connectivity index (χ1v) is 10.5. The fourth-order valence-electron chi connectivity index (χ4n) is 2.41. The summed E-state index contributed by atoms with van der Waals surface area (Å²) in [6, 6.07) is 10.0. The van der Waals surface area contributed by atoms with Crippen LogP contribution >= 0.6 is 35.6 Å². The van der Waals surface area contributed by atoms with Crippen molar-refractivity contribution in [2.24, 2.45) is 5.14 Å². The second-order valence-corrected chi connectivity index (χ2v) is 8.25. The van der Waals surface area contributed by atoms with Crippen molar-refractivity contribution in [3.05, 3.63) is 57.6 Å². The highest BCUT2D eigenvalue weighted by Gasteiger charge is 2.11. The summed E-state index contributed by atoms with van der Waals surface area (Å²) in [7, 11) is -3.66. The topological polar surface area (TPSA) is 81.4 Å². The molecule has 0 aliphatic rings. The molecule has 2 aromatic carbocycles. The first-order chi connectivity index (χ1) is 12.3. The van der Waals surface area contributed by atoms with Crippen LogP contribution < -0.4 is 15.2 Å². The quantitative estimate of drug-likeness (QED) is 0.558. The summed E-state index contributed by atoms with van der Waals surface area (Å²) >= 11 is 12.3. The average molecular weight is 454 g/mol. The Labute approximate surface area is 176 Å². The van der Waals surface area contributed by atoms with E-state index < -0.39 is 10.0 Å². The van der Waals surface area contributed by atoms with E-state index in [1.54, 1.807) is 18.2 Å². The summed E-state index contributed by atoms with van der Waals surface area (Å²) in [6.45, 7) is 3.88. The molecule has 0 spiro atoms. The molecule has 3 N–H and O–H groups in total. The zero-order chi connectivity index (χ0) is 19.2. The minimum atomic E-state index is -3.66. The van der Waals surface area contributed by atoms with Crippen LogP contribution in [0.3, 0.4) is 0 Å². The van der Waals surface area contributed by atoms with Gasteiger partial charge in [0.15, 0.2) is 0 Å². The van der Waals surface area contributed by atoms with Crippen LogP contribution in [0.25, 0.3) is 0 Å². The van der Waals surface area contributed by atoms with Crippen LogP contribution in [0.15, 0.2) is 41.3 Å². The predicted molar refractivity (Wildman–Crippen MR) is 113 cm³/mol. The molecule has 0 radical (unpaired) electrons. The van der Waals surface area contributed by atoms with Crippen LogP contribution in [-0.2, 0) is 23.0 Å². The van der Waals surface area contributed by atoms with Crippen molar-refractivity contribution in [1.29, 1.82) is 0 Å². The fourth-order valence-corrected chi connectivity index (χ4v) is 3.52. The number of halogens is 3. The average Bonchev–Trinajstić information content (AvgIpc) is 2.57. The molecular formula is C18H23Cl3N2O3S. The van der Waals surface area contributed by atoms with E-state index in [9.17, 15) is 8.42 Å². The molecule has 0 saturated heterocycles. The number of benzene rings is 2. The lowest BCUT2D eigenvalue weighted by atomic mass is 10.1. The van der Waals surface area contributed by atoms with Crippen molar-refractivity contribution >= 4 is 45.6 Å². The zero-order valence-corrected chi connectivity index (χ0v) is 18.0. The molecule has 0 unspecified atom stereocenters. The summed E-state index contributed by atoms with van der Waals surface area (Å²) < 4.78 is 28.2. The van der Waals surface area contributed by atoms with Gasteiger partial charge in [-0.3, -0.25) is 0 Å². The molecule has 27 heavy (non-hydrogen) atoms. The Bertz CT molecular complexity index is 844. The van der Waals surface area contributed by atoms with E-state index in [4.69, 9.17) is 33.1 Å². The second kappa shape index (κ2) is 11.1. The van der Waals surface area contributed by atoms with Crippen molar-refractivity contribution < 1.29 is 13.2 Å². The first kappa shape index (κ1) is 24.0. The third kappa shape index (κ3) is 7.49. The molecule has 0 amide bonds. The number of primary sulfonamides is 1. The maximum atomic E-state index is 11.3. The summed E-state index contributed by atoms with van der Waals surface area (Å²) in [5.74, 6) is 0.655. The van der Waals surface area contributed by atoms with E-state index >= 15 is 0 Å². The lowest BCUT2D eigenvalue weighted by Gasteiger charge is -2.14. The third-order valence-corrected chi connectivity index (χ3v) is 5.12. The summed E-state index contributed by atoms with van der Waals surface area (Å²) in [5.41, 5.74) is 1.91. The Kier molecular flexibility index (Phi) is 9.87. The largest absolute Gasteiger partial charge is 0.492 e. The van der Waals surface area contributed by atoms with Crippen LogP contribution in [0.1, 0.15) is 24.5 Å². The Morgan fingerprint density at radius 1 is 1.15 bits per heavy atom. The molecule has 150 valence electrons. The molecule has 0 atom stereocenters. The van der Waals surface area contributed by atoms with Crippen molar-refractivity contribution in [2.45, 2.75) is 31.2 Å². The highest BCUT2D eigenvalue weighted by molar-refractivity contribution is 7.89. The van der Waals surface area contributed by atoms with Crippen molar-refractivity contribution in [3.8, 4) is 5.75 Å². The second-order valence-electron chi connectivity index (χ2n) is 5.84. The molecule has 0 heterocycles. The van der Waals surface area contributed by atoms with Crippen molar-refractivity contribution in [3.63, 3.8) is 0 Å². The molecule has 9 heteroatoms. The van der Waals surface area contributed by atoms with Crippen LogP contribution in [0.5, 0.6) is 5.75 Å². The van der Waals surface area contributed by atoms with Gasteiger partial charge in [0.05, 0.1) is 16.5 Å². The minimum Gasteiger partial charge on any atom is -0.492 e. The normalized spacial score (nSPS) is 11.1. The lowest BCUT2D eigenvalue weighted by Crippen LogP contribution is -2.18. The van der Waals surface area contributed by atoms with E-state index in [2.05, 4.69) is 5.32 Å². The molecular weight excluding hydrogens is 431 g/mol. The molecule has 5 nitrogen and oxygen atoms in total. The highest BCUT2D eigenvalue weighted by atomic mass is 35.5. The molecule has 0 saturated carbocycles. The van der Waals surface area contributed by atoms with Gasteiger partial charge < -0.3 is 10.1 Å². The lowest BCUT2D eigenvalue weighted by molar-refractivity contribution is 0.313. The number of hydrogen-bond donors (Lipinski definition) is 2. The van der Waals surface area contributed by atoms with Crippen LogP contribution in [0, 0.1) is 0 Å². The third-order valence-electron chi connectivity index (χ3n) is 3.69. The maximum absolute atomic E-state index is 11.3. The Hall–Kier alpha value is -1.02. The van der Waals surface area contributed by atoms with Gasteiger partial charge in [0.25, 0.3) is 0 Å². The van der Waals surface area contributed by atoms with Crippen molar-refractivity contribution in [1.82, 2.24) is 5.32 Å². The van der Waals surface area contributed by atoms with E-state index in [0.717, 1.165) is 24.0 Å². The van der Waals surface area contributed by atoms with E-state index in [1.165, 1.54) is 12.1 Å². The molecule has 2 aromatic rings. The van der Waals surface area contributed by atoms with E-state index in [1.807, 2.05) is 13.0 Å². The van der Waals surface area contributed by atoms with Crippen molar-refractivity contribution in [2.75, 3.05) is 13.2 Å². The first-order valence-electron chi connectivity index (χ1n) is 8.24. The SMILES string of the molecule is CCCOc1c(Cl)cc(Cl)cc1CNCCc1ccc(S(N)(=O)=O)cc1.Cl. The summed E-state index contributed by atoms with van der Waals surface area (Å²) in [6.07, 6.45) is 1.63. The monoisotopic (exact) mass is 452 g/mol. The Balaban J connectivity index is 0.00000364. The molecule has 0 bridgehead atoms. The fraction of sp³-hybridized carbons (Fsp3) is 0.333. The standard InChI is InChI=1S/C18H22Cl2N2O3S.ClH/c1-2-9-25-18-14(10-15(19)11-17(18)20)12-22-8-7-13-3-5-16(6-4-13)26(21,23)24;/h3-6,10-11,22H,2,7-9,12H2,1H3,(H2,21,23,24);1H. The van der Waals surface area contributed by atoms with Crippen LogP contribution in [0.4, 0.5) is 0 Å². The summed E-state index contributed by atoms with van der Waals surface area (Å²) in [5, 5.41) is 9.48. The van der Waals surface area contributed by atoms with Gasteiger partial charge in [-0.05, 0) is 49.2 Å². The number of rotatable bonds is 9. The summed E-state index contributed by atoms with van der Waals surface area (Å²) in [4.78, 5) is 0.112. The van der Waals surface area contributed by atoms with Gasteiger partial charge in [0, 0.05) is 17.1 Å². The van der Waals surface area contributed by atoms with E-state index in [0.29, 0.717) is 35.5 Å². The van der Waals surface area contributed by atoms with Crippen LogP contribution in [-0.4, -0.2) is 21.6 Å². The predicted octanol–water partition coefficient (Wildman–Crippen LogP) is 4.18. The minimum absolute atomic E-state index is 0.